The molecule has 2 aromatic rings. The van der Waals surface area contributed by atoms with Gasteiger partial charge in [0.1, 0.15) is 11.5 Å². The zero-order chi connectivity index (χ0) is 25.0. The number of ether oxygens (including phenoxy) is 2. The molecule has 0 fully saturated rings. The van der Waals surface area contributed by atoms with Gasteiger partial charge in [-0.2, -0.15) is 0 Å². The fourth-order valence-corrected chi connectivity index (χ4v) is 2.92. The second-order valence-corrected chi connectivity index (χ2v) is 7.56. The molecule has 0 atom stereocenters. The van der Waals surface area contributed by atoms with Gasteiger partial charge in [-0.05, 0) is 68.7 Å². The van der Waals surface area contributed by atoms with Crippen LogP contribution in [0.15, 0.2) is 36.4 Å². The van der Waals surface area contributed by atoms with Crippen molar-refractivity contribution in [3.63, 3.8) is 0 Å². The van der Waals surface area contributed by atoms with E-state index in [0.29, 0.717) is 12.1 Å². The van der Waals surface area contributed by atoms with Gasteiger partial charge in [-0.1, -0.05) is 12.1 Å². The van der Waals surface area contributed by atoms with Crippen LogP contribution in [0.5, 0.6) is 11.5 Å². The van der Waals surface area contributed by atoms with Crippen LogP contribution in [0.3, 0.4) is 0 Å². The number of carboxylic acid groups (broad SMARTS) is 1. The molecule has 0 saturated heterocycles. The number of aryl methyl sites for hydroxylation is 2. The van der Waals surface area contributed by atoms with Crippen LogP contribution in [-0.4, -0.2) is 42.8 Å². The van der Waals surface area contributed by atoms with E-state index in [2.05, 4.69) is 10.6 Å². The molecule has 0 radical (unpaired) electrons. The summed E-state index contributed by atoms with van der Waals surface area (Å²) in [5.41, 5.74) is 8.53. The Balaban J connectivity index is 0.000000335. The topological polar surface area (TPSA) is 140 Å². The molecule has 33 heavy (non-hydrogen) atoms. The van der Waals surface area contributed by atoms with Gasteiger partial charge in [0.05, 0.1) is 19.6 Å². The van der Waals surface area contributed by atoms with Crippen molar-refractivity contribution in [3.05, 3.63) is 58.7 Å². The maximum Gasteiger partial charge on any atom is 0.315 e. The van der Waals surface area contributed by atoms with Gasteiger partial charge >= 0.3 is 12.0 Å². The quantitative estimate of drug-likeness (QED) is 0.454. The molecule has 2 rings (SSSR count). The number of amides is 3. The molecule has 0 saturated carbocycles. The molecule has 0 spiro atoms. The summed E-state index contributed by atoms with van der Waals surface area (Å²) in [4.78, 5) is 32.7. The number of hydrogen-bond donors (Lipinski definition) is 4. The van der Waals surface area contributed by atoms with Gasteiger partial charge in [-0.3, -0.25) is 9.59 Å². The lowest BCUT2D eigenvalue weighted by atomic mass is 10.0. The van der Waals surface area contributed by atoms with Crippen LogP contribution in [0.4, 0.5) is 4.79 Å². The van der Waals surface area contributed by atoms with Gasteiger partial charge in [-0.15, -0.1) is 0 Å². The highest BCUT2D eigenvalue weighted by atomic mass is 16.5. The smallest absolute Gasteiger partial charge is 0.315 e. The van der Waals surface area contributed by atoms with Crippen molar-refractivity contribution >= 4 is 17.9 Å². The maximum atomic E-state index is 11.3. The minimum Gasteiger partial charge on any atom is -0.497 e. The van der Waals surface area contributed by atoms with Crippen molar-refractivity contribution in [2.45, 2.75) is 46.8 Å². The number of aliphatic carboxylic acids is 1. The molecule has 0 heterocycles. The molecule has 9 heteroatoms. The summed E-state index contributed by atoms with van der Waals surface area (Å²) < 4.78 is 10.6. The average Bonchev–Trinajstić information content (AvgIpc) is 2.71. The summed E-state index contributed by atoms with van der Waals surface area (Å²) in [5.74, 6) is 0.209. The summed E-state index contributed by atoms with van der Waals surface area (Å²) in [7, 11) is 1.59. The molecule has 3 amide bonds. The van der Waals surface area contributed by atoms with Gasteiger partial charge in [0.25, 0.3) is 0 Å². The number of urea groups is 1. The first-order valence-electron chi connectivity index (χ1n) is 10.5. The Morgan fingerprint density at radius 2 is 1.58 bits per heavy atom. The van der Waals surface area contributed by atoms with Crippen LogP contribution >= 0.6 is 0 Å². The Bertz CT molecular complexity index is 919. The predicted octanol–water partition coefficient (Wildman–Crippen LogP) is 3.16. The first kappa shape index (κ1) is 27.3. The molecule has 0 bridgehead atoms. The third-order valence-corrected chi connectivity index (χ3v) is 4.36. The van der Waals surface area contributed by atoms with Gasteiger partial charge in [0.15, 0.2) is 0 Å². The van der Waals surface area contributed by atoms with E-state index in [1.807, 2.05) is 52.0 Å². The highest BCUT2D eigenvalue weighted by Gasteiger charge is 2.11. The Morgan fingerprint density at radius 3 is 2.03 bits per heavy atom. The predicted molar refractivity (Wildman–Crippen MR) is 126 cm³/mol. The van der Waals surface area contributed by atoms with Crippen LogP contribution in [0, 0.1) is 13.8 Å². The van der Waals surface area contributed by atoms with Crippen molar-refractivity contribution in [1.82, 2.24) is 10.6 Å². The van der Waals surface area contributed by atoms with Crippen LogP contribution in [-0.2, 0) is 11.3 Å². The summed E-state index contributed by atoms with van der Waals surface area (Å²) in [5, 5.41) is 13.5. The lowest BCUT2D eigenvalue weighted by molar-refractivity contribution is -0.136. The van der Waals surface area contributed by atoms with E-state index in [0.717, 1.165) is 28.2 Å². The van der Waals surface area contributed by atoms with Crippen LogP contribution in [0.2, 0.25) is 0 Å². The number of nitrogens with two attached hydrogens (primary N) is 1. The van der Waals surface area contributed by atoms with Crippen LogP contribution < -0.4 is 25.8 Å². The number of methoxy groups -OCH3 is 1. The number of rotatable bonds is 9. The van der Waals surface area contributed by atoms with E-state index in [4.69, 9.17) is 20.3 Å². The second-order valence-electron chi connectivity index (χ2n) is 7.56. The molecule has 180 valence electrons. The zero-order valence-electron chi connectivity index (χ0n) is 19.7. The summed E-state index contributed by atoms with van der Waals surface area (Å²) >= 11 is 0. The third-order valence-electron chi connectivity index (χ3n) is 4.36. The highest BCUT2D eigenvalue weighted by Crippen LogP contribution is 2.22. The van der Waals surface area contributed by atoms with Crippen LogP contribution in [0.1, 0.15) is 47.3 Å². The molecule has 9 nitrogen and oxygen atoms in total. The lowest BCUT2D eigenvalue weighted by Gasteiger charge is -2.13. The Kier molecular flexibility index (Phi) is 11.3. The van der Waals surface area contributed by atoms with Crippen molar-refractivity contribution in [1.29, 1.82) is 0 Å². The summed E-state index contributed by atoms with van der Waals surface area (Å²) in [6.45, 7) is 8.15. The second kappa shape index (κ2) is 13.6. The van der Waals surface area contributed by atoms with E-state index in [-0.39, 0.29) is 31.0 Å². The van der Waals surface area contributed by atoms with E-state index in [9.17, 15) is 14.4 Å². The monoisotopic (exact) mass is 459 g/mol. The van der Waals surface area contributed by atoms with Crippen molar-refractivity contribution in [2.24, 2.45) is 5.73 Å². The molecule has 0 aliphatic rings. The van der Waals surface area contributed by atoms with E-state index in [1.165, 1.54) is 0 Å². The van der Waals surface area contributed by atoms with Crippen LogP contribution in [0.25, 0.3) is 0 Å². The lowest BCUT2D eigenvalue weighted by Crippen LogP contribution is -2.36. The zero-order valence-corrected chi connectivity index (χ0v) is 19.7. The Morgan fingerprint density at radius 1 is 1.00 bits per heavy atom. The normalized spacial score (nSPS) is 10.0. The number of hydrogen-bond acceptors (Lipinski definition) is 5. The Hall–Kier alpha value is -3.75. The van der Waals surface area contributed by atoms with Gasteiger partial charge in [0, 0.05) is 18.7 Å². The molecule has 0 aliphatic heterocycles. The third kappa shape index (κ3) is 10.4. The largest absolute Gasteiger partial charge is 0.497 e. The van der Waals surface area contributed by atoms with Crippen molar-refractivity contribution in [2.75, 3.05) is 13.7 Å². The number of carboxylic acids is 1. The van der Waals surface area contributed by atoms with E-state index in [1.54, 1.807) is 19.2 Å². The number of benzene rings is 2. The molecular weight excluding hydrogens is 426 g/mol. The minimum absolute atomic E-state index is 0.0873. The average molecular weight is 460 g/mol. The van der Waals surface area contributed by atoms with Gasteiger partial charge in [0.2, 0.25) is 5.91 Å². The minimum atomic E-state index is -0.939. The van der Waals surface area contributed by atoms with Crippen molar-refractivity contribution in [3.8, 4) is 11.5 Å². The fourth-order valence-electron chi connectivity index (χ4n) is 2.92. The highest BCUT2D eigenvalue weighted by molar-refractivity contribution is 5.96. The summed E-state index contributed by atoms with van der Waals surface area (Å²) in [6, 6.07) is 10.6. The fraction of sp³-hybridized carbons (Fsp3) is 0.375. The summed E-state index contributed by atoms with van der Waals surface area (Å²) in [6.07, 6.45) is 0.0406. The number of nitrogens with one attached hydrogen (secondary N) is 2. The molecule has 0 aromatic heterocycles. The van der Waals surface area contributed by atoms with Gasteiger partial charge in [-0.25, -0.2) is 4.79 Å². The molecule has 2 aromatic carbocycles. The number of primary amides is 1. The van der Waals surface area contributed by atoms with Crippen molar-refractivity contribution < 1.29 is 29.0 Å². The van der Waals surface area contributed by atoms with E-state index >= 15 is 0 Å². The SMILES string of the molecule is COc1ccc(CNC(=O)NCCC(=O)O)cc1.Cc1cc(OC(C)C)cc(C)c1C(N)=O. The Labute approximate surface area is 194 Å². The standard InChI is InChI=1S/C12H16N2O4.C12H17NO2/c1-18-10-4-2-9(3-5-10)8-14-12(17)13-7-6-11(15)16;1-7(2)15-10-5-8(3)11(12(13)14)9(4)6-10/h2-5H,6-8H2,1H3,(H,15,16)(H2,13,14,17);5-7H,1-4H3,(H2,13,14). The number of carbonyl (C=O) groups is 3. The first-order valence-corrected chi connectivity index (χ1v) is 10.5. The van der Waals surface area contributed by atoms with E-state index < -0.39 is 5.97 Å². The molecule has 0 aliphatic carbocycles. The first-order chi connectivity index (χ1) is 15.5. The molecule has 0 unspecified atom stereocenters. The van der Waals surface area contributed by atoms with Gasteiger partial charge < -0.3 is 30.9 Å². The maximum absolute atomic E-state index is 11.3. The molecule has 5 N–H and O–H groups in total. The number of carbonyl (C=O) groups excluding carboxylic acids is 2. The molecular formula is C24H33N3O6.